The quantitative estimate of drug-likeness (QED) is 0.106. The molecule has 0 atom stereocenters. The molecule has 2 heteroatoms. The molecule has 2 nitrogen and oxygen atoms in total. The van der Waals surface area contributed by atoms with E-state index in [2.05, 4.69) is 57.2 Å². The van der Waals surface area contributed by atoms with Gasteiger partial charge in [-0.2, -0.15) is 0 Å². The summed E-state index contributed by atoms with van der Waals surface area (Å²) in [6.45, 7) is 8.92. The maximum atomic E-state index is 13.2. The lowest BCUT2D eigenvalue weighted by Gasteiger charge is -2.43. The van der Waals surface area contributed by atoms with Gasteiger partial charge >= 0.3 is 0 Å². The van der Waals surface area contributed by atoms with Crippen LogP contribution >= 0.6 is 0 Å². The first-order valence-electron chi connectivity index (χ1n) is 11.2. The van der Waals surface area contributed by atoms with Crippen molar-refractivity contribution in [2.45, 2.75) is 97.8 Å². The highest BCUT2D eigenvalue weighted by molar-refractivity contribution is 4.82. The first-order valence-corrected chi connectivity index (χ1v) is 11.2. The van der Waals surface area contributed by atoms with Crippen molar-refractivity contribution in [3.63, 3.8) is 0 Å². The lowest BCUT2D eigenvalue weighted by molar-refractivity contribution is -0.881. The number of nitrogens with zero attached hydrogens (tertiary/aromatic N) is 1. The van der Waals surface area contributed by atoms with Gasteiger partial charge in [-0.1, -0.05) is 76.5 Å². The van der Waals surface area contributed by atoms with Crippen LogP contribution < -0.4 is 0 Å². The summed E-state index contributed by atoms with van der Waals surface area (Å²) < 4.78 is 0.00481. The molecule has 0 saturated carbocycles. The number of hydrogen-bond donors (Lipinski definition) is 0. The summed E-state index contributed by atoms with van der Waals surface area (Å²) in [5, 5.41) is 13.2. The monoisotopic (exact) mass is 363 g/mol. The van der Waals surface area contributed by atoms with Gasteiger partial charge in [0.05, 0.1) is 19.6 Å². The van der Waals surface area contributed by atoms with Gasteiger partial charge in [-0.3, -0.25) is 0 Å². The minimum absolute atomic E-state index is 0.00481. The minimum Gasteiger partial charge on any atom is -0.633 e. The highest BCUT2D eigenvalue weighted by Gasteiger charge is 2.15. The van der Waals surface area contributed by atoms with Crippen LogP contribution in [0, 0.1) is 5.21 Å². The van der Waals surface area contributed by atoms with Gasteiger partial charge in [0.25, 0.3) is 0 Å². The van der Waals surface area contributed by atoms with E-state index in [9.17, 15) is 5.21 Å². The summed E-state index contributed by atoms with van der Waals surface area (Å²) in [7, 11) is 0. The largest absolute Gasteiger partial charge is 0.633 e. The number of hydrogen-bond acceptors (Lipinski definition) is 1. The van der Waals surface area contributed by atoms with Crippen LogP contribution in [0.3, 0.4) is 0 Å². The highest BCUT2D eigenvalue weighted by atomic mass is 16.5. The second-order valence-electron chi connectivity index (χ2n) is 7.44. The molecule has 0 aliphatic heterocycles. The molecule has 152 valence electrons. The van der Waals surface area contributed by atoms with E-state index in [1.807, 2.05) is 0 Å². The van der Waals surface area contributed by atoms with Crippen LogP contribution in [0.1, 0.15) is 97.8 Å². The van der Waals surface area contributed by atoms with Gasteiger partial charge in [-0.25, -0.2) is 0 Å². The fraction of sp³-hybridized carbons (Fsp3) is 0.750. The van der Waals surface area contributed by atoms with Crippen LogP contribution in [0.15, 0.2) is 36.5 Å². The van der Waals surface area contributed by atoms with Gasteiger partial charge in [-0.15, -0.1) is 0 Å². The third kappa shape index (κ3) is 16.6. The molecule has 0 radical (unpaired) electrons. The Kier molecular flexibility index (Phi) is 18.3. The van der Waals surface area contributed by atoms with Crippen LogP contribution in [-0.2, 0) is 0 Å². The van der Waals surface area contributed by atoms with E-state index >= 15 is 0 Å². The predicted octanol–water partition coefficient (Wildman–Crippen LogP) is 7.71. The molecule has 0 N–H and O–H groups in total. The van der Waals surface area contributed by atoms with Crippen LogP contribution in [0.4, 0.5) is 0 Å². The lowest BCUT2D eigenvalue weighted by Crippen LogP contribution is -2.44. The van der Waals surface area contributed by atoms with Crippen molar-refractivity contribution in [2.24, 2.45) is 0 Å². The summed E-state index contributed by atoms with van der Waals surface area (Å²) in [5.74, 6) is 0. The first-order chi connectivity index (χ1) is 12.7. The smallest absolute Gasteiger partial charge is 0.0786 e. The van der Waals surface area contributed by atoms with Crippen LogP contribution in [0.25, 0.3) is 0 Å². The third-order valence-corrected chi connectivity index (χ3v) is 4.68. The molecule has 0 unspecified atom stereocenters. The van der Waals surface area contributed by atoms with Crippen molar-refractivity contribution in [1.29, 1.82) is 0 Å². The fourth-order valence-electron chi connectivity index (χ4n) is 3.03. The van der Waals surface area contributed by atoms with Crippen molar-refractivity contribution in [2.75, 3.05) is 19.6 Å². The molecule has 0 heterocycles. The van der Waals surface area contributed by atoms with Gasteiger partial charge in [0.15, 0.2) is 0 Å². The van der Waals surface area contributed by atoms with Crippen molar-refractivity contribution in [3.8, 4) is 0 Å². The van der Waals surface area contributed by atoms with E-state index in [0.717, 1.165) is 77.4 Å². The van der Waals surface area contributed by atoms with E-state index in [1.54, 1.807) is 0 Å². The Morgan fingerprint density at radius 3 is 1.04 bits per heavy atom. The molecule has 0 rings (SSSR count). The molecule has 0 fully saturated rings. The molecular formula is C24H45NO. The summed E-state index contributed by atoms with van der Waals surface area (Å²) in [4.78, 5) is 0. The molecular weight excluding hydrogens is 318 g/mol. The Morgan fingerprint density at radius 2 is 0.769 bits per heavy atom. The van der Waals surface area contributed by atoms with Gasteiger partial charge in [0, 0.05) is 19.3 Å². The average molecular weight is 364 g/mol. The summed E-state index contributed by atoms with van der Waals surface area (Å²) in [6, 6.07) is 0. The Labute approximate surface area is 164 Å². The zero-order valence-corrected chi connectivity index (χ0v) is 17.9. The second-order valence-corrected chi connectivity index (χ2v) is 7.44. The van der Waals surface area contributed by atoms with Crippen LogP contribution in [-0.4, -0.2) is 24.3 Å². The number of quaternary nitrogens is 1. The molecule has 0 aromatic rings. The van der Waals surface area contributed by atoms with Crippen LogP contribution in [0.2, 0.25) is 0 Å². The molecule has 0 saturated heterocycles. The maximum Gasteiger partial charge on any atom is 0.0786 e. The summed E-state index contributed by atoms with van der Waals surface area (Å²) in [6.07, 6.45) is 26.8. The number of unbranched alkanes of at least 4 members (excludes halogenated alkanes) is 6. The normalized spacial score (nSPS) is 12.9. The van der Waals surface area contributed by atoms with Crippen molar-refractivity contribution >= 4 is 0 Å². The van der Waals surface area contributed by atoms with Gasteiger partial charge in [-0.05, 0) is 38.5 Å². The SMILES string of the molecule is CCC/C=C/CCC[N+]([O-])(CCC/C=C/CCC)CCC/C=C/CCC. The van der Waals surface area contributed by atoms with Gasteiger partial charge in [0.2, 0.25) is 0 Å². The van der Waals surface area contributed by atoms with Gasteiger partial charge < -0.3 is 9.85 Å². The minimum atomic E-state index is 0.00481. The molecule has 0 amide bonds. The number of rotatable bonds is 18. The maximum absolute atomic E-state index is 13.2. The molecule has 26 heavy (non-hydrogen) atoms. The Hall–Kier alpha value is -0.860. The molecule has 0 spiro atoms. The number of hydroxylamine groups is 3. The summed E-state index contributed by atoms with van der Waals surface area (Å²) in [5.41, 5.74) is 0. The zero-order chi connectivity index (χ0) is 19.3. The fourth-order valence-corrected chi connectivity index (χ4v) is 3.03. The van der Waals surface area contributed by atoms with Crippen molar-refractivity contribution < 1.29 is 4.65 Å². The second kappa shape index (κ2) is 18.9. The average Bonchev–Trinajstić information content (AvgIpc) is 2.64. The molecule has 0 aromatic carbocycles. The standard InChI is InChI=1S/C24H45NO/c1-4-7-10-13-16-19-22-25(26,23-20-17-14-11-8-5-2)24-21-18-15-12-9-6-3/h10-15H,4-9,16-24H2,1-3H3/b13-10+,14-11+,15-12+. The zero-order valence-electron chi connectivity index (χ0n) is 17.9. The lowest BCUT2D eigenvalue weighted by atomic mass is 10.2. The van der Waals surface area contributed by atoms with E-state index in [-0.39, 0.29) is 4.65 Å². The Balaban J connectivity index is 4.26. The van der Waals surface area contributed by atoms with Crippen molar-refractivity contribution in [3.05, 3.63) is 41.7 Å². The molecule has 0 aliphatic carbocycles. The van der Waals surface area contributed by atoms with Crippen molar-refractivity contribution in [1.82, 2.24) is 0 Å². The van der Waals surface area contributed by atoms with E-state index < -0.39 is 0 Å². The van der Waals surface area contributed by atoms with E-state index in [1.165, 1.54) is 19.3 Å². The third-order valence-electron chi connectivity index (χ3n) is 4.68. The number of allylic oxidation sites excluding steroid dienone is 6. The first kappa shape index (κ1) is 25.1. The topological polar surface area (TPSA) is 23.1 Å². The Morgan fingerprint density at radius 1 is 0.500 bits per heavy atom. The predicted molar refractivity (Wildman–Crippen MR) is 118 cm³/mol. The van der Waals surface area contributed by atoms with Gasteiger partial charge in [0.1, 0.15) is 0 Å². The highest BCUT2D eigenvalue weighted by Crippen LogP contribution is 2.14. The van der Waals surface area contributed by atoms with Crippen LogP contribution in [0.5, 0.6) is 0 Å². The summed E-state index contributed by atoms with van der Waals surface area (Å²) >= 11 is 0. The molecule has 0 aromatic heterocycles. The molecule has 0 bridgehead atoms. The molecule has 0 aliphatic rings. The Bertz CT molecular complexity index is 315. The van der Waals surface area contributed by atoms with E-state index in [0.29, 0.717) is 0 Å². The van der Waals surface area contributed by atoms with E-state index in [4.69, 9.17) is 0 Å².